The number of likely N-dealkylation sites (tertiary alicyclic amines) is 1. The third kappa shape index (κ3) is 4.95. The fourth-order valence-electron chi connectivity index (χ4n) is 4.73. The Morgan fingerprint density at radius 2 is 1.86 bits per heavy atom. The van der Waals surface area contributed by atoms with Crippen molar-refractivity contribution in [1.82, 2.24) is 30.1 Å². The van der Waals surface area contributed by atoms with Crippen molar-refractivity contribution >= 4 is 10.9 Å². The van der Waals surface area contributed by atoms with E-state index in [4.69, 9.17) is 9.47 Å². The van der Waals surface area contributed by atoms with E-state index in [1.54, 1.807) is 11.8 Å². The molecule has 2 N–H and O–H groups in total. The van der Waals surface area contributed by atoms with Gasteiger partial charge in [-0.2, -0.15) is 0 Å². The van der Waals surface area contributed by atoms with E-state index in [1.807, 2.05) is 55.5 Å². The van der Waals surface area contributed by atoms with Gasteiger partial charge in [0.15, 0.2) is 5.82 Å². The van der Waals surface area contributed by atoms with Crippen LogP contribution in [-0.2, 0) is 6.54 Å². The van der Waals surface area contributed by atoms with E-state index < -0.39 is 6.04 Å². The van der Waals surface area contributed by atoms with Gasteiger partial charge in [-0.05, 0) is 72.2 Å². The second-order valence-corrected chi connectivity index (χ2v) is 8.95. The summed E-state index contributed by atoms with van der Waals surface area (Å²) in [6.07, 6.45) is 0.897. The van der Waals surface area contributed by atoms with Crippen molar-refractivity contribution in [3.63, 3.8) is 0 Å². The van der Waals surface area contributed by atoms with Gasteiger partial charge in [0.2, 0.25) is 0 Å². The van der Waals surface area contributed by atoms with E-state index in [2.05, 4.69) is 25.4 Å². The molecule has 1 atom stereocenters. The lowest BCUT2D eigenvalue weighted by Crippen LogP contribution is -2.41. The molecule has 0 saturated carbocycles. The minimum Gasteiger partial charge on any atom is -0.497 e. The third-order valence-corrected chi connectivity index (χ3v) is 6.61. The summed E-state index contributed by atoms with van der Waals surface area (Å²) in [6, 6.07) is 14.8. The Balaban J connectivity index is 1.57. The summed E-state index contributed by atoms with van der Waals surface area (Å²) >= 11 is 0. The summed E-state index contributed by atoms with van der Waals surface area (Å²) in [5.74, 6) is 2.09. The van der Waals surface area contributed by atoms with Gasteiger partial charge < -0.3 is 19.6 Å². The lowest BCUT2D eigenvalue weighted by Gasteiger charge is -2.35. The number of benzene rings is 2. The molecule has 0 spiro atoms. The number of piperidine rings is 1. The number of nitrogens with one attached hydrogen (secondary N) is 1. The summed E-state index contributed by atoms with van der Waals surface area (Å²) in [4.78, 5) is 18.6. The van der Waals surface area contributed by atoms with Crippen LogP contribution in [0.3, 0.4) is 0 Å². The maximum Gasteiger partial charge on any atom is 0.253 e. The van der Waals surface area contributed by atoms with Gasteiger partial charge in [0.1, 0.15) is 17.5 Å². The van der Waals surface area contributed by atoms with Gasteiger partial charge in [-0.25, -0.2) is 4.68 Å². The Morgan fingerprint density at radius 3 is 2.58 bits per heavy atom. The van der Waals surface area contributed by atoms with Crippen LogP contribution >= 0.6 is 0 Å². The standard InChI is InChI=1S/C26H30N6O4/c1-3-36-21-8-9-23-18(14-21)15-22(26(34)27-23)24(31-12-10-19(33)11-13-31)25-28-29-30-32(25)16-17-4-6-20(35-2)7-5-17/h4-9,14-15,19,24,33H,3,10-13,16H2,1-2H3,(H,27,34)/t24-/m0/s1. The van der Waals surface area contributed by atoms with E-state index in [1.165, 1.54) is 0 Å². The zero-order valence-electron chi connectivity index (χ0n) is 20.4. The molecule has 1 fully saturated rings. The lowest BCUT2D eigenvalue weighted by molar-refractivity contribution is 0.0659. The van der Waals surface area contributed by atoms with Crippen molar-refractivity contribution in [3.8, 4) is 11.5 Å². The number of aromatic amines is 1. The molecule has 2 aromatic heterocycles. The van der Waals surface area contributed by atoms with Crippen LogP contribution in [0.5, 0.6) is 11.5 Å². The van der Waals surface area contributed by atoms with Crippen molar-refractivity contribution in [3.05, 3.63) is 75.8 Å². The summed E-state index contributed by atoms with van der Waals surface area (Å²) in [5.41, 5.74) is 2.10. The highest BCUT2D eigenvalue weighted by atomic mass is 16.5. The van der Waals surface area contributed by atoms with Crippen molar-refractivity contribution < 1.29 is 14.6 Å². The molecular weight excluding hydrogens is 460 g/mol. The molecular formula is C26H30N6O4. The first-order valence-corrected chi connectivity index (χ1v) is 12.2. The minimum atomic E-state index is -0.477. The van der Waals surface area contributed by atoms with Crippen molar-refractivity contribution in [2.24, 2.45) is 0 Å². The fraction of sp³-hybridized carbons (Fsp3) is 0.385. The highest BCUT2D eigenvalue weighted by Gasteiger charge is 2.32. The molecule has 0 amide bonds. The number of rotatable bonds is 8. The number of pyridine rings is 1. The molecule has 2 aromatic carbocycles. The molecule has 36 heavy (non-hydrogen) atoms. The zero-order valence-corrected chi connectivity index (χ0v) is 20.4. The topological polar surface area (TPSA) is 118 Å². The number of aliphatic hydroxyl groups excluding tert-OH is 1. The van der Waals surface area contributed by atoms with Gasteiger partial charge in [0, 0.05) is 29.6 Å². The fourth-order valence-corrected chi connectivity index (χ4v) is 4.73. The molecule has 1 saturated heterocycles. The SMILES string of the molecule is CCOc1ccc2[nH]c(=O)c([C@@H](c3nnnn3Cc3ccc(OC)cc3)N3CCC(O)CC3)cc2c1. The van der Waals surface area contributed by atoms with Gasteiger partial charge in [-0.1, -0.05) is 12.1 Å². The quantitative estimate of drug-likeness (QED) is 0.387. The summed E-state index contributed by atoms with van der Waals surface area (Å²) in [5, 5.41) is 23.6. The van der Waals surface area contributed by atoms with Crippen LogP contribution in [0.25, 0.3) is 10.9 Å². The normalized spacial score (nSPS) is 15.8. The molecule has 1 aliphatic heterocycles. The van der Waals surface area contributed by atoms with Crippen molar-refractivity contribution in [2.75, 3.05) is 26.8 Å². The highest BCUT2D eigenvalue weighted by Crippen LogP contribution is 2.30. The first-order valence-electron chi connectivity index (χ1n) is 12.2. The zero-order chi connectivity index (χ0) is 25.1. The molecule has 10 nitrogen and oxygen atoms in total. The number of ether oxygens (including phenoxy) is 2. The van der Waals surface area contributed by atoms with Crippen LogP contribution in [0.15, 0.2) is 53.3 Å². The Hall–Kier alpha value is -3.76. The largest absolute Gasteiger partial charge is 0.497 e. The molecule has 4 aromatic rings. The maximum atomic E-state index is 13.4. The highest BCUT2D eigenvalue weighted by molar-refractivity contribution is 5.80. The number of H-pyrrole nitrogens is 1. The van der Waals surface area contributed by atoms with Gasteiger partial charge in [-0.15, -0.1) is 5.10 Å². The Labute approximate surface area is 208 Å². The average Bonchev–Trinajstić information content (AvgIpc) is 3.34. The van der Waals surface area contributed by atoms with Crippen LogP contribution in [0.2, 0.25) is 0 Å². The monoisotopic (exact) mass is 490 g/mol. The summed E-state index contributed by atoms with van der Waals surface area (Å²) in [6.45, 7) is 4.18. The molecule has 188 valence electrons. The minimum absolute atomic E-state index is 0.193. The van der Waals surface area contributed by atoms with Crippen molar-refractivity contribution in [1.29, 1.82) is 0 Å². The molecule has 1 aliphatic rings. The molecule has 0 bridgehead atoms. The second-order valence-electron chi connectivity index (χ2n) is 8.95. The number of hydrogen-bond acceptors (Lipinski definition) is 8. The number of fused-ring (bicyclic) bond motifs is 1. The first kappa shape index (κ1) is 24.0. The molecule has 0 aliphatic carbocycles. The molecule has 10 heteroatoms. The lowest BCUT2D eigenvalue weighted by atomic mass is 9.99. The van der Waals surface area contributed by atoms with E-state index >= 15 is 0 Å². The van der Waals surface area contributed by atoms with Crippen LogP contribution in [-0.4, -0.2) is 68.1 Å². The number of tetrazole rings is 1. The Kier molecular flexibility index (Phi) is 6.97. The smallest absolute Gasteiger partial charge is 0.253 e. The van der Waals surface area contributed by atoms with Crippen LogP contribution in [0.1, 0.15) is 42.8 Å². The van der Waals surface area contributed by atoms with E-state index in [0.29, 0.717) is 50.5 Å². The summed E-state index contributed by atoms with van der Waals surface area (Å²) in [7, 11) is 1.63. The Morgan fingerprint density at radius 1 is 1.11 bits per heavy atom. The van der Waals surface area contributed by atoms with Gasteiger partial charge in [-0.3, -0.25) is 9.69 Å². The Bertz CT molecular complexity index is 1380. The average molecular weight is 491 g/mol. The van der Waals surface area contributed by atoms with Crippen LogP contribution in [0.4, 0.5) is 0 Å². The van der Waals surface area contributed by atoms with Crippen LogP contribution in [0, 0.1) is 0 Å². The molecule has 0 radical (unpaired) electrons. The van der Waals surface area contributed by atoms with Gasteiger partial charge in [0.25, 0.3) is 5.56 Å². The molecule has 5 rings (SSSR count). The maximum absolute atomic E-state index is 13.4. The molecule has 3 heterocycles. The van der Waals surface area contributed by atoms with Gasteiger partial charge in [0.05, 0.1) is 26.4 Å². The predicted molar refractivity (Wildman–Crippen MR) is 134 cm³/mol. The van der Waals surface area contributed by atoms with E-state index in [-0.39, 0.29) is 11.7 Å². The third-order valence-electron chi connectivity index (χ3n) is 6.61. The van der Waals surface area contributed by atoms with Gasteiger partial charge >= 0.3 is 0 Å². The number of aromatic nitrogens is 5. The number of methoxy groups -OCH3 is 1. The van der Waals surface area contributed by atoms with E-state index in [0.717, 1.165) is 28.0 Å². The number of hydrogen-bond donors (Lipinski definition) is 2. The first-order chi connectivity index (χ1) is 17.6. The predicted octanol–water partition coefficient (Wildman–Crippen LogP) is 2.52. The molecule has 0 unspecified atom stereocenters. The van der Waals surface area contributed by atoms with Crippen molar-refractivity contribution in [2.45, 2.75) is 38.5 Å². The van der Waals surface area contributed by atoms with E-state index in [9.17, 15) is 9.90 Å². The second kappa shape index (κ2) is 10.5. The van der Waals surface area contributed by atoms with Crippen LogP contribution < -0.4 is 15.0 Å². The number of nitrogens with zero attached hydrogens (tertiary/aromatic N) is 5. The summed E-state index contributed by atoms with van der Waals surface area (Å²) < 4.78 is 12.7. The number of aliphatic hydroxyl groups is 1.